The first-order chi connectivity index (χ1) is 25.3. The summed E-state index contributed by atoms with van der Waals surface area (Å²) in [5.74, 6) is 3.65. The van der Waals surface area contributed by atoms with E-state index in [2.05, 4.69) is 45.3 Å². The Labute approximate surface area is 308 Å². The van der Waals surface area contributed by atoms with Crippen molar-refractivity contribution in [1.82, 2.24) is 29.7 Å². The van der Waals surface area contributed by atoms with Crippen molar-refractivity contribution in [2.45, 2.75) is 96.6 Å². The van der Waals surface area contributed by atoms with Gasteiger partial charge in [-0.05, 0) is 85.3 Å². The predicted octanol–water partition coefficient (Wildman–Crippen LogP) is 8.30. The highest BCUT2D eigenvalue weighted by molar-refractivity contribution is 5.98. The van der Waals surface area contributed by atoms with Crippen LogP contribution >= 0.6 is 0 Å². The van der Waals surface area contributed by atoms with Gasteiger partial charge in [-0.1, -0.05) is 24.3 Å². The molecule has 0 radical (unpaired) electrons. The van der Waals surface area contributed by atoms with Gasteiger partial charge in [0.1, 0.15) is 47.6 Å². The molecule has 2 saturated heterocycles. The Hall–Kier alpha value is -5.26. The van der Waals surface area contributed by atoms with Gasteiger partial charge in [-0.25, -0.2) is 19.6 Å². The molecule has 4 aromatic rings. The van der Waals surface area contributed by atoms with E-state index < -0.39 is 11.2 Å². The van der Waals surface area contributed by atoms with E-state index in [0.717, 1.165) is 93.6 Å². The molecule has 6 heterocycles. The zero-order valence-electron chi connectivity index (χ0n) is 31.1. The van der Waals surface area contributed by atoms with E-state index in [1.807, 2.05) is 64.9 Å². The molecule has 12 nitrogen and oxygen atoms in total. The summed E-state index contributed by atoms with van der Waals surface area (Å²) in [6, 6.07) is 12.4. The van der Waals surface area contributed by atoms with Gasteiger partial charge in [-0.15, -0.1) is 0 Å². The van der Waals surface area contributed by atoms with Crippen molar-refractivity contribution >= 4 is 23.3 Å². The third-order valence-electron chi connectivity index (χ3n) is 10.8. The number of hydrogen-bond donors (Lipinski definition) is 2. The molecule has 1 aliphatic carbocycles. The summed E-state index contributed by atoms with van der Waals surface area (Å²) < 4.78 is 24.2. The van der Waals surface area contributed by atoms with Crippen molar-refractivity contribution in [3.8, 4) is 34.0 Å². The average molecular weight is 719 g/mol. The molecule has 1 saturated carbocycles. The first kappa shape index (κ1) is 33.6. The lowest BCUT2D eigenvalue weighted by atomic mass is 9.89. The number of hydrogen-bond acceptors (Lipinski definition) is 8. The molecule has 12 heteroatoms. The molecule has 276 valence electrons. The number of amides is 2. The number of rotatable bonds is 4. The van der Waals surface area contributed by atoms with E-state index in [9.17, 15) is 9.59 Å². The number of ether oxygens (including phenoxy) is 4. The van der Waals surface area contributed by atoms with Crippen molar-refractivity contribution < 1.29 is 28.5 Å². The second-order valence-electron chi connectivity index (χ2n) is 16.9. The zero-order chi connectivity index (χ0) is 36.8. The summed E-state index contributed by atoms with van der Waals surface area (Å²) in [4.78, 5) is 46.0. The summed E-state index contributed by atoms with van der Waals surface area (Å²) in [5, 5.41) is 0. The van der Waals surface area contributed by atoms with Crippen LogP contribution in [-0.2, 0) is 9.47 Å². The Kier molecular flexibility index (Phi) is 7.69. The van der Waals surface area contributed by atoms with Gasteiger partial charge in [-0.2, -0.15) is 0 Å². The second-order valence-corrected chi connectivity index (χ2v) is 16.9. The van der Waals surface area contributed by atoms with Gasteiger partial charge in [-0.3, -0.25) is 9.80 Å². The molecular weight excluding hydrogens is 672 g/mol. The first-order valence-electron chi connectivity index (χ1n) is 18.7. The summed E-state index contributed by atoms with van der Waals surface area (Å²) in [6.07, 6.45) is 6.74. The van der Waals surface area contributed by atoms with Crippen LogP contribution in [0.25, 0.3) is 33.7 Å². The maximum Gasteiger partial charge on any atom is 0.411 e. The summed E-state index contributed by atoms with van der Waals surface area (Å²) in [7, 11) is 0. The topological polar surface area (TPSA) is 135 Å². The zero-order valence-corrected chi connectivity index (χ0v) is 31.1. The number of H-pyrrole nitrogens is 2. The minimum Gasteiger partial charge on any atom is -0.488 e. The third kappa shape index (κ3) is 6.21. The number of fused-ring (bicyclic) bond motifs is 5. The van der Waals surface area contributed by atoms with Gasteiger partial charge in [0.2, 0.25) is 0 Å². The van der Waals surface area contributed by atoms with Crippen LogP contribution in [0.15, 0.2) is 48.8 Å². The number of carbonyl (C=O) groups excluding carboxylic acids is 2. The summed E-state index contributed by atoms with van der Waals surface area (Å²) in [5.41, 5.74) is 6.82. The number of nitrogens with one attached hydrogen (secondary N) is 2. The fraction of sp³-hybridized carbons (Fsp3) is 0.463. The van der Waals surface area contributed by atoms with Gasteiger partial charge < -0.3 is 28.9 Å². The van der Waals surface area contributed by atoms with E-state index in [1.165, 1.54) is 0 Å². The molecule has 2 amide bonds. The van der Waals surface area contributed by atoms with Crippen LogP contribution in [0, 0.1) is 5.92 Å². The Balaban J connectivity index is 0.921. The number of carbonyl (C=O) groups is 2. The quantitative estimate of drug-likeness (QED) is 0.215. The predicted molar refractivity (Wildman–Crippen MR) is 198 cm³/mol. The van der Waals surface area contributed by atoms with Crippen molar-refractivity contribution in [1.29, 1.82) is 0 Å². The Morgan fingerprint density at radius 2 is 1.30 bits per heavy atom. The summed E-state index contributed by atoms with van der Waals surface area (Å²) in [6.45, 7) is 12.9. The van der Waals surface area contributed by atoms with Crippen molar-refractivity contribution in [2.24, 2.45) is 5.92 Å². The normalized spacial score (nSPS) is 23.1. The SMILES string of the molecule is CC(C)(C)OC(=O)N1CCC[C@H]1c1ncc(-c2ccc3c(c2)OCC2=C3COc3cc(-c4cnc([C@@H]5C[C@H]6C[C@H]6N5C(=O)OC(C)(C)C)[nH]4)ccc32)[nH]1. The molecule has 4 aliphatic heterocycles. The second kappa shape index (κ2) is 12.1. The largest absolute Gasteiger partial charge is 0.488 e. The van der Waals surface area contributed by atoms with E-state index in [4.69, 9.17) is 23.9 Å². The Morgan fingerprint density at radius 3 is 1.87 bits per heavy atom. The smallest absolute Gasteiger partial charge is 0.411 e. The van der Waals surface area contributed by atoms with Crippen LogP contribution in [0.5, 0.6) is 11.5 Å². The maximum atomic E-state index is 13.1. The monoisotopic (exact) mass is 718 g/mol. The van der Waals surface area contributed by atoms with Crippen LogP contribution in [0.4, 0.5) is 9.59 Å². The molecule has 5 aliphatic rings. The highest BCUT2D eigenvalue weighted by Crippen LogP contribution is 2.53. The third-order valence-corrected chi connectivity index (χ3v) is 10.8. The molecule has 0 unspecified atom stereocenters. The van der Waals surface area contributed by atoms with Gasteiger partial charge in [0, 0.05) is 46.0 Å². The molecule has 0 spiro atoms. The van der Waals surface area contributed by atoms with E-state index in [0.29, 0.717) is 25.7 Å². The number of nitrogens with zero attached hydrogens (tertiary/aromatic N) is 4. The van der Waals surface area contributed by atoms with E-state index in [-0.39, 0.29) is 30.3 Å². The molecular formula is C41H46N6O6. The number of aromatic nitrogens is 4. The Morgan fingerprint density at radius 1 is 0.755 bits per heavy atom. The van der Waals surface area contributed by atoms with Crippen LogP contribution < -0.4 is 9.47 Å². The van der Waals surface area contributed by atoms with Gasteiger partial charge in [0.25, 0.3) is 0 Å². The Bertz CT molecular complexity index is 2150. The number of likely N-dealkylation sites (tertiary alicyclic amines) is 2. The molecule has 2 N–H and O–H groups in total. The number of benzene rings is 2. The number of aromatic amines is 2. The lowest BCUT2D eigenvalue weighted by Gasteiger charge is -2.30. The van der Waals surface area contributed by atoms with E-state index in [1.54, 1.807) is 4.90 Å². The van der Waals surface area contributed by atoms with Gasteiger partial charge in [0.15, 0.2) is 0 Å². The highest BCUT2D eigenvalue weighted by atomic mass is 16.6. The molecule has 3 fully saturated rings. The molecule has 9 rings (SSSR count). The molecule has 4 atom stereocenters. The molecule has 53 heavy (non-hydrogen) atoms. The van der Waals surface area contributed by atoms with E-state index >= 15 is 0 Å². The molecule has 2 aromatic carbocycles. The minimum absolute atomic E-state index is 0.124. The standard InChI is InChI=1S/C41H46N6O6/c1-40(2,3)52-38(48)46-13-7-8-31(46)36-42-18-29(44-36)22-9-11-25-27-21-51-35-17-23(10-12-26(35)28(27)20-50-34(25)16-22)30-19-43-37(45-30)33-15-24-14-32(24)47(33)39(49)53-41(4,5)6/h9-12,16-19,24,31-33H,7-8,13-15,20-21H2,1-6H3,(H,42,44)(H,43,45)/t24-,31+,32-,33+/m1/s1. The molecule has 0 bridgehead atoms. The highest BCUT2D eigenvalue weighted by Gasteiger charge is 2.56. The van der Waals surface area contributed by atoms with Crippen LogP contribution in [0.2, 0.25) is 0 Å². The summed E-state index contributed by atoms with van der Waals surface area (Å²) >= 11 is 0. The minimum atomic E-state index is -0.555. The van der Waals surface area contributed by atoms with Crippen molar-refractivity contribution in [2.75, 3.05) is 19.8 Å². The number of imidazole rings is 2. The average Bonchev–Trinajstić information content (AvgIpc) is 3.65. The first-order valence-corrected chi connectivity index (χ1v) is 18.7. The van der Waals surface area contributed by atoms with Gasteiger partial charge in [0.05, 0.1) is 35.9 Å². The van der Waals surface area contributed by atoms with Gasteiger partial charge >= 0.3 is 12.2 Å². The van der Waals surface area contributed by atoms with Crippen molar-refractivity contribution in [3.05, 3.63) is 71.6 Å². The lowest BCUT2D eigenvalue weighted by Crippen LogP contribution is -2.38. The van der Waals surface area contributed by atoms with Crippen LogP contribution in [0.3, 0.4) is 0 Å². The molecule has 2 aromatic heterocycles. The maximum absolute atomic E-state index is 13.1. The lowest BCUT2D eigenvalue weighted by molar-refractivity contribution is 0.0172. The van der Waals surface area contributed by atoms with Crippen LogP contribution in [-0.4, -0.2) is 78.9 Å². The fourth-order valence-electron chi connectivity index (χ4n) is 8.25. The fourth-order valence-corrected chi connectivity index (χ4v) is 8.25. The number of piperidine rings is 1. The van der Waals surface area contributed by atoms with Crippen molar-refractivity contribution in [3.63, 3.8) is 0 Å². The van der Waals surface area contributed by atoms with Crippen LogP contribution in [0.1, 0.15) is 102 Å².